The Kier molecular flexibility index (Phi) is 6.96. The Bertz CT molecular complexity index is 362. The summed E-state index contributed by atoms with van der Waals surface area (Å²) in [5.41, 5.74) is 0. The van der Waals surface area contributed by atoms with Gasteiger partial charge in [-0.3, -0.25) is 4.79 Å². The lowest BCUT2D eigenvalue weighted by atomic mass is 10.1. The van der Waals surface area contributed by atoms with Crippen molar-refractivity contribution < 1.29 is 14.3 Å². The first-order chi connectivity index (χ1) is 10.7. The molecule has 2 rings (SSSR count). The average molecular weight is 311 g/mol. The zero-order valence-corrected chi connectivity index (χ0v) is 13.7. The maximum absolute atomic E-state index is 12.0. The van der Waals surface area contributed by atoms with E-state index in [1.807, 2.05) is 6.92 Å². The van der Waals surface area contributed by atoms with E-state index in [2.05, 4.69) is 10.2 Å². The van der Waals surface area contributed by atoms with E-state index in [-0.39, 0.29) is 18.0 Å². The van der Waals surface area contributed by atoms with E-state index in [0.717, 1.165) is 32.5 Å². The molecule has 22 heavy (non-hydrogen) atoms. The maximum atomic E-state index is 12.0. The molecule has 0 aromatic heterocycles. The first-order valence-corrected chi connectivity index (χ1v) is 8.62. The Hall–Kier alpha value is -1.30. The van der Waals surface area contributed by atoms with Crippen molar-refractivity contribution in [3.63, 3.8) is 0 Å². The number of nitrogens with zero attached hydrogens (tertiary/aromatic N) is 2. The quantitative estimate of drug-likeness (QED) is 0.838. The van der Waals surface area contributed by atoms with Crippen molar-refractivity contribution in [1.82, 2.24) is 15.1 Å². The molecule has 2 aliphatic heterocycles. The maximum Gasteiger partial charge on any atom is 0.409 e. The summed E-state index contributed by atoms with van der Waals surface area (Å²) in [6.45, 7) is 6.68. The van der Waals surface area contributed by atoms with Crippen LogP contribution in [0.2, 0.25) is 0 Å². The molecule has 0 atom stereocenters. The number of ether oxygens (including phenoxy) is 1. The number of carbonyl (C=O) groups is 2. The molecule has 6 nitrogen and oxygen atoms in total. The van der Waals surface area contributed by atoms with Crippen LogP contribution in [0.1, 0.15) is 45.4 Å². The van der Waals surface area contributed by atoms with E-state index in [1.54, 1.807) is 4.90 Å². The van der Waals surface area contributed by atoms with Crippen molar-refractivity contribution in [2.24, 2.45) is 0 Å². The number of likely N-dealkylation sites (tertiary alicyclic amines) is 2. The van der Waals surface area contributed by atoms with E-state index in [4.69, 9.17) is 4.74 Å². The molecule has 126 valence electrons. The molecule has 0 radical (unpaired) electrons. The predicted octanol–water partition coefficient (Wildman–Crippen LogP) is 1.60. The molecule has 2 saturated heterocycles. The summed E-state index contributed by atoms with van der Waals surface area (Å²) in [7, 11) is 0. The molecule has 2 amide bonds. The molecule has 2 aliphatic rings. The molecule has 0 aromatic carbocycles. The fraction of sp³-hybridized carbons (Fsp3) is 0.875. The number of amides is 2. The number of carbonyl (C=O) groups excluding carboxylic acids is 2. The van der Waals surface area contributed by atoms with Crippen molar-refractivity contribution >= 4 is 12.0 Å². The van der Waals surface area contributed by atoms with Crippen molar-refractivity contribution in [3.8, 4) is 0 Å². The van der Waals surface area contributed by atoms with Gasteiger partial charge < -0.3 is 19.9 Å². The number of rotatable bonds is 5. The van der Waals surface area contributed by atoms with E-state index in [0.29, 0.717) is 26.1 Å². The molecule has 0 spiro atoms. The number of piperidine rings is 2. The smallest absolute Gasteiger partial charge is 0.409 e. The highest BCUT2D eigenvalue weighted by atomic mass is 16.6. The second kappa shape index (κ2) is 8.98. The molecule has 0 saturated carbocycles. The number of nitrogens with one attached hydrogen (secondary N) is 1. The first kappa shape index (κ1) is 17.1. The van der Waals surface area contributed by atoms with Crippen LogP contribution < -0.4 is 5.32 Å². The summed E-state index contributed by atoms with van der Waals surface area (Å²) in [4.78, 5) is 27.7. The van der Waals surface area contributed by atoms with Crippen LogP contribution in [0.4, 0.5) is 4.79 Å². The molecule has 0 aromatic rings. The largest absolute Gasteiger partial charge is 0.450 e. The van der Waals surface area contributed by atoms with Crippen LogP contribution in [0.5, 0.6) is 0 Å². The standard InChI is InChI=1S/C16H29N3O3/c1-2-22-16(21)19-12-6-14(7-13-19)17-15(20)8-11-18-9-4-3-5-10-18/h14H,2-13H2,1H3,(H,17,20). The van der Waals surface area contributed by atoms with Gasteiger partial charge in [-0.05, 0) is 45.7 Å². The minimum atomic E-state index is -0.239. The van der Waals surface area contributed by atoms with Crippen LogP contribution in [-0.2, 0) is 9.53 Å². The molecule has 0 bridgehead atoms. The van der Waals surface area contributed by atoms with Gasteiger partial charge in [-0.15, -0.1) is 0 Å². The van der Waals surface area contributed by atoms with Gasteiger partial charge >= 0.3 is 6.09 Å². The normalized spacial score (nSPS) is 20.7. The molecule has 0 aliphatic carbocycles. The van der Waals surface area contributed by atoms with E-state index < -0.39 is 0 Å². The van der Waals surface area contributed by atoms with Gasteiger partial charge in [0.05, 0.1) is 6.61 Å². The highest BCUT2D eigenvalue weighted by Crippen LogP contribution is 2.12. The van der Waals surface area contributed by atoms with Gasteiger partial charge in [0.1, 0.15) is 0 Å². The summed E-state index contributed by atoms with van der Waals surface area (Å²) in [6.07, 6.45) is 5.81. The number of hydrogen-bond acceptors (Lipinski definition) is 4. The van der Waals surface area contributed by atoms with Crippen LogP contribution in [0.3, 0.4) is 0 Å². The van der Waals surface area contributed by atoms with Gasteiger partial charge in [0, 0.05) is 32.1 Å². The van der Waals surface area contributed by atoms with Crippen LogP contribution >= 0.6 is 0 Å². The van der Waals surface area contributed by atoms with Crippen LogP contribution in [-0.4, -0.2) is 67.2 Å². The molecule has 6 heteroatoms. The van der Waals surface area contributed by atoms with Crippen molar-refractivity contribution in [2.75, 3.05) is 39.3 Å². The fourth-order valence-electron chi connectivity index (χ4n) is 3.16. The summed E-state index contributed by atoms with van der Waals surface area (Å²) in [6, 6.07) is 0.194. The average Bonchev–Trinajstić information content (AvgIpc) is 2.55. The Labute approximate surface area is 133 Å². The third kappa shape index (κ3) is 5.48. The van der Waals surface area contributed by atoms with Crippen LogP contribution in [0, 0.1) is 0 Å². The Balaban J connectivity index is 1.60. The van der Waals surface area contributed by atoms with Crippen molar-refractivity contribution in [1.29, 1.82) is 0 Å². The molecular formula is C16H29N3O3. The summed E-state index contributed by atoms with van der Waals surface area (Å²) in [5.74, 6) is 0.139. The molecule has 0 unspecified atom stereocenters. The topological polar surface area (TPSA) is 61.9 Å². The van der Waals surface area contributed by atoms with Gasteiger partial charge in [-0.25, -0.2) is 4.79 Å². The van der Waals surface area contributed by atoms with E-state index in [9.17, 15) is 9.59 Å². The minimum absolute atomic E-state index is 0.139. The van der Waals surface area contributed by atoms with Crippen molar-refractivity contribution in [2.45, 2.75) is 51.5 Å². The van der Waals surface area contributed by atoms with Crippen molar-refractivity contribution in [3.05, 3.63) is 0 Å². The lowest BCUT2D eigenvalue weighted by Gasteiger charge is -2.32. The molecule has 2 fully saturated rings. The number of hydrogen-bond donors (Lipinski definition) is 1. The molecule has 2 heterocycles. The zero-order chi connectivity index (χ0) is 15.8. The third-order valence-corrected chi connectivity index (χ3v) is 4.49. The highest BCUT2D eigenvalue weighted by molar-refractivity contribution is 5.76. The molecule has 1 N–H and O–H groups in total. The second-order valence-corrected chi connectivity index (χ2v) is 6.18. The summed E-state index contributed by atoms with van der Waals surface area (Å²) in [5, 5.41) is 3.11. The SMILES string of the molecule is CCOC(=O)N1CCC(NC(=O)CCN2CCCCC2)CC1. The third-order valence-electron chi connectivity index (χ3n) is 4.49. The Morgan fingerprint density at radius 3 is 2.41 bits per heavy atom. The van der Waals surface area contributed by atoms with Crippen LogP contribution in [0.15, 0.2) is 0 Å². The van der Waals surface area contributed by atoms with Gasteiger partial charge in [0.15, 0.2) is 0 Å². The van der Waals surface area contributed by atoms with Crippen LogP contribution in [0.25, 0.3) is 0 Å². The van der Waals surface area contributed by atoms with E-state index in [1.165, 1.54) is 19.3 Å². The zero-order valence-electron chi connectivity index (χ0n) is 13.7. The monoisotopic (exact) mass is 311 g/mol. The lowest BCUT2D eigenvalue weighted by Crippen LogP contribution is -2.47. The molecular weight excluding hydrogens is 282 g/mol. The predicted molar refractivity (Wildman–Crippen MR) is 84.7 cm³/mol. The summed E-state index contributed by atoms with van der Waals surface area (Å²) < 4.78 is 5.00. The van der Waals surface area contributed by atoms with Gasteiger partial charge in [-0.1, -0.05) is 6.42 Å². The van der Waals surface area contributed by atoms with Gasteiger partial charge in [0.25, 0.3) is 0 Å². The van der Waals surface area contributed by atoms with E-state index >= 15 is 0 Å². The highest BCUT2D eigenvalue weighted by Gasteiger charge is 2.24. The first-order valence-electron chi connectivity index (χ1n) is 8.62. The second-order valence-electron chi connectivity index (χ2n) is 6.18. The summed E-state index contributed by atoms with van der Waals surface area (Å²) >= 11 is 0. The lowest BCUT2D eigenvalue weighted by molar-refractivity contribution is -0.122. The van der Waals surface area contributed by atoms with Gasteiger partial charge in [-0.2, -0.15) is 0 Å². The minimum Gasteiger partial charge on any atom is -0.450 e. The Morgan fingerprint density at radius 2 is 1.77 bits per heavy atom. The fourth-order valence-corrected chi connectivity index (χ4v) is 3.16. The van der Waals surface area contributed by atoms with Gasteiger partial charge in [0.2, 0.25) is 5.91 Å². The Morgan fingerprint density at radius 1 is 1.09 bits per heavy atom.